The number of aromatic nitrogens is 3. The van der Waals surface area contributed by atoms with E-state index in [0.717, 1.165) is 43.4 Å². The topological polar surface area (TPSA) is 53.4 Å². The van der Waals surface area contributed by atoms with Gasteiger partial charge in [-0.2, -0.15) is 0 Å². The van der Waals surface area contributed by atoms with Crippen molar-refractivity contribution in [2.45, 2.75) is 39.2 Å². The summed E-state index contributed by atoms with van der Waals surface area (Å²) in [6, 6.07) is 14.3. The van der Waals surface area contributed by atoms with Gasteiger partial charge in [0.2, 0.25) is 0 Å². The molecule has 1 fully saturated rings. The maximum Gasteiger partial charge on any atom is 0.272 e. The number of nitrogens with one attached hydrogen (secondary N) is 1. The minimum absolute atomic E-state index is 0.0317. The minimum Gasteiger partial charge on any atom is -0.297 e. The van der Waals surface area contributed by atoms with Crippen LogP contribution in [0.4, 0.5) is 0 Å². The van der Waals surface area contributed by atoms with Gasteiger partial charge in [-0.3, -0.25) is 14.8 Å². The Balaban J connectivity index is 1.39. The highest BCUT2D eigenvalue weighted by atomic mass is 16.1. The van der Waals surface area contributed by atoms with Crippen LogP contribution in [0.3, 0.4) is 0 Å². The fourth-order valence-corrected chi connectivity index (χ4v) is 4.02. The third-order valence-electron chi connectivity index (χ3n) is 5.30. The Labute approximate surface area is 153 Å². The molecule has 1 aromatic carbocycles. The third-order valence-corrected chi connectivity index (χ3v) is 5.30. The summed E-state index contributed by atoms with van der Waals surface area (Å²) in [6.07, 6.45) is 4.90. The average molecular weight is 350 g/mol. The van der Waals surface area contributed by atoms with Gasteiger partial charge in [0.15, 0.2) is 5.65 Å². The van der Waals surface area contributed by atoms with Crippen LogP contribution in [0, 0.1) is 12.8 Å². The van der Waals surface area contributed by atoms with Crippen molar-refractivity contribution in [1.29, 1.82) is 0 Å². The monoisotopic (exact) mass is 350 g/mol. The normalized spacial score (nSPS) is 18.4. The molecule has 1 aliphatic rings. The van der Waals surface area contributed by atoms with Gasteiger partial charge in [-0.25, -0.2) is 9.50 Å². The van der Waals surface area contributed by atoms with Gasteiger partial charge in [0.25, 0.3) is 5.56 Å². The predicted octanol–water partition coefficient (Wildman–Crippen LogP) is 3.18. The summed E-state index contributed by atoms with van der Waals surface area (Å²) in [5, 5.41) is 3.02. The number of benzene rings is 1. The summed E-state index contributed by atoms with van der Waals surface area (Å²) in [6.45, 7) is 4.89. The molecule has 4 rings (SSSR count). The first kappa shape index (κ1) is 17.0. The summed E-state index contributed by atoms with van der Waals surface area (Å²) in [5.41, 5.74) is 3.93. The van der Waals surface area contributed by atoms with Crippen molar-refractivity contribution < 1.29 is 0 Å². The van der Waals surface area contributed by atoms with E-state index in [0.29, 0.717) is 5.65 Å². The molecule has 1 saturated heterocycles. The standard InChI is InChI=1S/C21H26N4O/c1-16-12-20-22-19(13-21(26)25(20)23-16)15-24-11-5-8-18(14-24)10-9-17-6-3-2-4-7-17/h2-4,6-7,12-13,18,23H,5,8-11,14-15H2,1H3/t18-/m1/s1. The molecule has 1 N–H and O–H groups in total. The second kappa shape index (κ2) is 7.46. The highest BCUT2D eigenvalue weighted by Gasteiger charge is 2.20. The SMILES string of the molecule is Cc1cc2nc(CN3CCC[C@H](CCc4ccccc4)C3)cc(=O)n2[nH]1. The lowest BCUT2D eigenvalue weighted by Gasteiger charge is -2.32. The molecule has 0 unspecified atom stereocenters. The van der Waals surface area contributed by atoms with Crippen molar-refractivity contribution in [3.63, 3.8) is 0 Å². The van der Waals surface area contributed by atoms with E-state index in [1.165, 1.54) is 29.3 Å². The molecule has 136 valence electrons. The van der Waals surface area contributed by atoms with E-state index in [9.17, 15) is 4.79 Å². The van der Waals surface area contributed by atoms with E-state index in [4.69, 9.17) is 0 Å². The Morgan fingerprint density at radius 2 is 2.08 bits per heavy atom. The number of aryl methyl sites for hydroxylation is 2. The summed E-state index contributed by atoms with van der Waals surface area (Å²) < 4.78 is 1.51. The third kappa shape index (κ3) is 3.88. The van der Waals surface area contributed by atoms with Crippen molar-refractivity contribution in [3.05, 3.63) is 69.8 Å². The molecule has 5 heteroatoms. The maximum absolute atomic E-state index is 12.3. The van der Waals surface area contributed by atoms with Crippen molar-refractivity contribution in [2.75, 3.05) is 13.1 Å². The van der Waals surface area contributed by atoms with Crippen LogP contribution in [0.15, 0.2) is 47.3 Å². The van der Waals surface area contributed by atoms with Crippen molar-refractivity contribution in [3.8, 4) is 0 Å². The van der Waals surface area contributed by atoms with Crippen LogP contribution in [0.25, 0.3) is 5.65 Å². The predicted molar refractivity (Wildman–Crippen MR) is 103 cm³/mol. The molecule has 26 heavy (non-hydrogen) atoms. The van der Waals surface area contributed by atoms with E-state index in [-0.39, 0.29) is 5.56 Å². The zero-order valence-electron chi connectivity index (χ0n) is 15.3. The first-order valence-electron chi connectivity index (χ1n) is 9.52. The summed E-state index contributed by atoms with van der Waals surface area (Å²) >= 11 is 0. The summed E-state index contributed by atoms with van der Waals surface area (Å²) in [7, 11) is 0. The number of fused-ring (bicyclic) bond motifs is 1. The second-order valence-corrected chi connectivity index (χ2v) is 7.49. The van der Waals surface area contributed by atoms with E-state index < -0.39 is 0 Å². The zero-order chi connectivity index (χ0) is 17.9. The Bertz CT molecular complexity index is 928. The lowest BCUT2D eigenvalue weighted by Crippen LogP contribution is -2.35. The molecule has 1 aliphatic heterocycles. The first-order valence-corrected chi connectivity index (χ1v) is 9.52. The minimum atomic E-state index is -0.0317. The maximum atomic E-state index is 12.3. The first-order chi connectivity index (χ1) is 12.7. The zero-order valence-corrected chi connectivity index (χ0v) is 15.3. The molecule has 0 radical (unpaired) electrons. The number of H-pyrrole nitrogens is 1. The highest BCUT2D eigenvalue weighted by molar-refractivity contribution is 5.39. The fourth-order valence-electron chi connectivity index (χ4n) is 4.02. The number of hydrogen-bond donors (Lipinski definition) is 1. The average Bonchev–Trinajstić information content (AvgIpc) is 3.02. The van der Waals surface area contributed by atoms with Crippen molar-refractivity contribution in [1.82, 2.24) is 19.5 Å². The Morgan fingerprint density at radius 1 is 1.23 bits per heavy atom. The highest BCUT2D eigenvalue weighted by Crippen LogP contribution is 2.22. The number of likely N-dealkylation sites (tertiary alicyclic amines) is 1. The summed E-state index contributed by atoms with van der Waals surface area (Å²) in [4.78, 5) is 19.4. The van der Waals surface area contributed by atoms with Crippen LogP contribution in [0.2, 0.25) is 0 Å². The van der Waals surface area contributed by atoms with E-state index in [2.05, 4.69) is 45.3 Å². The molecule has 0 aliphatic carbocycles. The molecular formula is C21H26N4O. The molecule has 0 amide bonds. The van der Waals surface area contributed by atoms with Crippen LogP contribution >= 0.6 is 0 Å². The molecule has 3 aromatic rings. The van der Waals surface area contributed by atoms with Gasteiger partial charge < -0.3 is 0 Å². The van der Waals surface area contributed by atoms with Gasteiger partial charge >= 0.3 is 0 Å². The van der Waals surface area contributed by atoms with E-state index in [1.807, 2.05) is 13.0 Å². The fraction of sp³-hybridized carbons (Fsp3) is 0.429. The van der Waals surface area contributed by atoms with Gasteiger partial charge in [-0.1, -0.05) is 30.3 Å². The van der Waals surface area contributed by atoms with Crippen molar-refractivity contribution >= 4 is 5.65 Å². The molecule has 1 atom stereocenters. The largest absolute Gasteiger partial charge is 0.297 e. The number of hydrogen-bond acceptors (Lipinski definition) is 3. The molecular weight excluding hydrogens is 324 g/mol. The van der Waals surface area contributed by atoms with Crippen LogP contribution in [0.1, 0.15) is 36.2 Å². The van der Waals surface area contributed by atoms with Crippen molar-refractivity contribution in [2.24, 2.45) is 5.92 Å². The lowest BCUT2D eigenvalue weighted by molar-refractivity contribution is 0.160. The molecule has 0 saturated carbocycles. The van der Waals surface area contributed by atoms with Gasteiger partial charge in [-0.15, -0.1) is 0 Å². The van der Waals surface area contributed by atoms with Crippen LogP contribution in [-0.2, 0) is 13.0 Å². The molecule has 5 nitrogen and oxygen atoms in total. The Kier molecular flexibility index (Phi) is 4.89. The van der Waals surface area contributed by atoms with Gasteiger partial charge in [0.05, 0.1) is 5.69 Å². The lowest BCUT2D eigenvalue weighted by atomic mass is 9.91. The second-order valence-electron chi connectivity index (χ2n) is 7.49. The summed E-state index contributed by atoms with van der Waals surface area (Å²) in [5.74, 6) is 0.725. The molecule has 3 heterocycles. The van der Waals surface area contributed by atoms with Gasteiger partial charge in [0.1, 0.15) is 0 Å². The number of rotatable bonds is 5. The Morgan fingerprint density at radius 3 is 2.92 bits per heavy atom. The number of nitrogens with zero attached hydrogens (tertiary/aromatic N) is 3. The number of piperidine rings is 1. The smallest absolute Gasteiger partial charge is 0.272 e. The van der Waals surface area contributed by atoms with E-state index in [1.54, 1.807) is 6.07 Å². The Hall–Kier alpha value is -2.40. The van der Waals surface area contributed by atoms with E-state index >= 15 is 0 Å². The van der Waals surface area contributed by atoms with Crippen LogP contribution < -0.4 is 5.56 Å². The molecule has 0 spiro atoms. The quantitative estimate of drug-likeness (QED) is 0.769. The molecule has 2 aromatic heterocycles. The van der Waals surface area contributed by atoms with Gasteiger partial charge in [0, 0.05) is 30.9 Å². The van der Waals surface area contributed by atoms with Crippen LogP contribution in [0.5, 0.6) is 0 Å². The van der Waals surface area contributed by atoms with Gasteiger partial charge in [-0.05, 0) is 50.6 Å². The molecule has 0 bridgehead atoms. The number of aromatic amines is 1. The van der Waals surface area contributed by atoms with Crippen LogP contribution in [-0.4, -0.2) is 32.6 Å².